The van der Waals surface area contributed by atoms with Gasteiger partial charge in [-0.1, -0.05) is 18.2 Å². The van der Waals surface area contributed by atoms with Gasteiger partial charge in [0.15, 0.2) is 0 Å². The van der Waals surface area contributed by atoms with E-state index in [1.165, 1.54) is 24.3 Å². The normalized spacial score (nSPS) is 10.2. The van der Waals surface area contributed by atoms with Gasteiger partial charge in [0.2, 0.25) is 0 Å². The molecule has 2 rings (SSSR count). The summed E-state index contributed by atoms with van der Waals surface area (Å²) in [6.07, 6.45) is 0.336. The van der Waals surface area contributed by atoms with Crippen LogP contribution in [0.15, 0.2) is 42.5 Å². The molecule has 2 N–H and O–H groups in total. The van der Waals surface area contributed by atoms with E-state index in [0.717, 1.165) is 0 Å². The van der Waals surface area contributed by atoms with Crippen molar-refractivity contribution >= 4 is 17.3 Å². The summed E-state index contributed by atoms with van der Waals surface area (Å²) in [6, 6.07) is 10.3. The van der Waals surface area contributed by atoms with E-state index in [9.17, 15) is 19.3 Å². The maximum atomic E-state index is 13.5. The Morgan fingerprint density at radius 1 is 1.26 bits per heavy atom. The van der Waals surface area contributed by atoms with Gasteiger partial charge in [-0.25, -0.2) is 4.39 Å². The summed E-state index contributed by atoms with van der Waals surface area (Å²) in [6.45, 7) is 0.228. The van der Waals surface area contributed by atoms with Crippen molar-refractivity contribution in [2.45, 2.75) is 6.42 Å². The highest BCUT2D eigenvalue weighted by Gasteiger charge is 2.16. The number of nitrogens with zero attached hydrogens (tertiary/aromatic N) is 1. The highest BCUT2D eigenvalue weighted by Crippen LogP contribution is 2.21. The van der Waals surface area contributed by atoms with Gasteiger partial charge in [0, 0.05) is 31.4 Å². The molecule has 0 aliphatic carbocycles. The largest absolute Gasteiger partial charge is 0.387 e. The van der Waals surface area contributed by atoms with Crippen LogP contribution in [0.1, 0.15) is 15.9 Å². The lowest BCUT2D eigenvalue weighted by molar-refractivity contribution is -0.384. The molecular weight excluding hydrogens is 301 g/mol. The third kappa shape index (κ3) is 4.03. The van der Waals surface area contributed by atoms with Gasteiger partial charge < -0.3 is 10.6 Å². The molecule has 2 aromatic carbocycles. The fourth-order valence-corrected chi connectivity index (χ4v) is 2.16. The Labute approximate surface area is 132 Å². The number of benzene rings is 2. The molecule has 23 heavy (non-hydrogen) atoms. The lowest BCUT2D eigenvalue weighted by Crippen LogP contribution is -2.26. The Balaban J connectivity index is 2.07. The number of hydrogen-bond donors (Lipinski definition) is 2. The number of non-ortho nitro benzene ring substituents is 1. The first-order valence-corrected chi connectivity index (χ1v) is 7.00. The third-order valence-corrected chi connectivity index (χ3v) is 3.37. The first kappa shape index (κ1) is 16.4. The molecule has 0 aliphatic heterocycles. The van der Waals surface area contributed by atoms with Crippen LogP contribution < -0.4 is 10.6 Å². The molecular formula is C16H16FN3O3. The SMILES string of the molecule is CNc1ccc([N+](=O)[O-])cc1C(=O)NCCc1ccccc1F. The molecule has 0 fully saturated rings. The molecule has 0 aromatic heterocycles. The number of halogens is 1. The molecule has 0 atom stereocenters. The highest BCUT2D eigenvalue weighted by molar-refractivity contribution is 6.00. The van der Waals surface area contributed by atoms with E-state index < -0.39 is 10.8 Å². The Morgan fingerprint density at radius 2 is 2.00 bits per heavy atom. The molecule has 2 aromatic rings. The number of nitrogens with one attached hydrogen (secondary N) is 2. The van der Waals surface area contributed by atoms with Gasteiger partial charge in [-0.15, -0.1) is 0 Å². The van der Waals surface area contributed by atoms with Gasteiger partial charge >= 0.3 is 0 Å². The minimum absolute atomic E-state index is 0.164. The molecule has 1 amide bonds. The summed E-state index contributed by atoms with van der Waals surface area (Å²) in [4.78, 5) is 22.5. The van der Waals surface area contributed by atoms with Gasteiger partial charge in [-0.05, 0) is 24.1 Å². The quantitative estimate of drug-likeness (QED) is 0.634. The average molecular weight is 317 g/mol. The lowest BCUT2D eigenvalue weighted by Gasteiger charge is -2.10. The second kappa shape index (κ2) is 7.35. The van der Waals surface area contributed by atoms with E-state index in [0.29, 0.717) is 17.7 Å². The minimum atomic E-state index is -0.560. The molecule has 6 nitrogen and oxygen atoms in total. The predicted octanol–water partition coefficient (Wildman–Crippen LogP) is 2.75. The number of hydrogen-bond acceptors (Lipinski definition) is 4. The Kier molecular flexibility index (Phi) is 5.24. The number of nitro groups is 1. The van der Waals surface area contributed by atoms with E-state index >= 15 is 0 Å². The van der Waals surface area contributed by atoms with Crippen molar-refractivity contribution in [3.63, 3.8) is 0 Å². The summed E-state index contributed by atoms with van der Waals surface area (Å²) in [5, 5.41) is 16.3. The van der Waals surface area contributed by atoms with Gasteiger partial charge in [0.05, 0.1) is 10.5 Å². The van der Waals surface area contributed by atoms with Crippen LogP contribution in [-0.2, 0) is 6.42 Å². The zero-order valence-electron chi connectivity index (χ0n) is 12.5. The molecule has 0 unspecified atom stereocenters. The topological polar surface area (TPSA) is 84.3 Å². The van der Waals surface area contributed by atoms with Crippen LogP contribution in [-0.4, -0.2) is 24.4 Å². The molecule has 0 spiro atoms. The van der Waals surface area contributed by atoms with Crippen molar-refractivity contribution in [2.75, 3.05) is 18.9 Å². The lowest BCUT2D eigenvalue weighted by atomic mass is 10.1. The number of anilines is 1. The fraction of sp³-hybridized carbons (Fsp3) is 0.188. The summed E-state index contributed by atoms with van der Waals surface area (Å²) in [5.41, 5.74) is 0.998. The smallest absolute Gasteiger partial charge is 0.270 e. The maximum absolute atomic E-state index is 13.5. The Hall–Kier alpha value is -2.96. The van der Waals surface area contributed by atoms with Crippen molar-refractivity contribution < 1.29 is 14.1 Å². The molecule has 0 heterocycles. The zero-order valence-corrected chi connectivity index (χ0v) is 12.5. The van der Waals surface area contributed by atoms with E-state index in [2.05, 4.69) is 10.6 Å². The Morgan fingerprint density at radius 3 is 2.65 bits per heavy atom. The molecule has 0 bridgehead atoms. The minimum Gasteiger partial charge on any atom is -0.387 e. The van der Waals surface area contributed by atoms with Gasteiger partial charge in [-0.2, -0.15) is 0 Å². The van der Waals surface area contributed by atoms with Crippen LogP contribution in [0.25, 0.3) is 0 Å². The van der Waals surface area contributed by atoms with E-state index in [1.54, 1.807) is 25.2 Å². The van der Waals surface area contributed by atoms with Crippen LogP contribution in [0, 0.1) is 15.9 Å². The second-order valence-electron chi connectivity index (χ2n) is 4.83. The van der Waals surface area contributed by atoms with Crippen molar-refractivity contribution in [3.8, 4) is 0 Å². The highest BCUT2D eigenvalue weighted by atomic mass is 19.1. The molecule has 7 heteroatoms. The molecule has 0 saturated carbocycles. The van der Waals surface area contributed by atoms with Crippen LogP contribution in [0.3, 0.4) is 0 Å². The monoisotopic (exact) mass is 317 g/mol. The van der Waals surface area contributed by atoms with Gasteiger partial charge in [0.1, 0.15) is 5.82 Å². The number of nitro benzene ring substituents is 1. The fourth-order valence-electron chi connectivity index (χ4n) is 2.16. The third-order valence-electron chi connectivity index (χ3n) is 3.37. The van der Waals surface area contributed by atoms with Gasteiger partial charge in [-0.3, -0.25) is 14.9 Å². The summed E-state index contributed by atoms with van der Waals surface area (Å²) >= 11 is 0. The van der Waals surface area contributed by atoms with E-state index in [-0.39, 0.29) is 23.6 Å². The Bertz CT molecular complexity index is 734. The van der Waals surface area contributed by atoms with Crippen LogP contribution >= 0.6 is 0 Å². The number of carbonyl (C=O) groups excluding carboxylic acids is 1. The zero-order chi connectivity index (χ0) is 16.8. The molecule has 120 valence electrons. The van der Waals surface area contributed by atoms with Crippen molar-refractivity contribution in [2.24, 2.45) is 0 Å². The summed E-state index contributed by atoms with van der Waals surface area (Å²) in [5.74, 6) is -0.776. The first-order valence-electron chi connectivity index (χ1n) is 7.00. The predicted molar refractivity (Wildman–Crippen MR) is 85.1 cm³/mol. The van der Waals surface area contributed by atoms with E-state index in [4.69, 9.17) is 0 Å². The standard InChI is InChI=1S/C16H16FN3O3/c1-18-15-7-6-12(20(22)23)10-13(15)16(21)19-9-8-11-4-2-3-5-14(11)17/h2-7,10,18H,8-9H2,1H3,(H,19,21). The molecule has 0 saturated heterocycles. The summed E-state index contributed by atoms with van der Waals surface area (Å²) < 4.78 is 13.5. The van der Waals surface area contributed by atoms with E-state index in [1.807, 2.05) is 0 Å². The van der Waals surface area contributed by atoms with Crippen molar-refractivity contribution in [1.29, 1.82) is 0 Å². The average Bonchev–Trinajstić information content (AvgIpc) is 2.55. The maximum Gasteiger partial charge on any atom is 0.270 e. The van der Waals surface area contributed by atoms with Gasteiger partial charge in [0.25, 0.3) is 11.6 Å². The van der Waals surface area contributed by atoms with Crippen LogP contribution in [0.5, 0.6) is 0 Å². The van der Waals surface area contributed by atoms with Crippen LogP contribution in [0.2, 0.25) is 0 Å². The molecule has 0 radical (unpaired) electrons. The van der Waals surface area contributed by atoms with Crippen molar-refractivity contribution in [1.82, 2.24) is 5.32 Å². The second-order valence-corrected chi connectivity index (χ2v) is 4.83. The first-order chi connectivity index (χ1) is 11.0. The number of rotatable bonds is 6. The number of amides is 1. The number of carbonyl (C=O) groups is 1. The van der Waals surface area contributed by atoms with Crippen LogP contribution in [0.4, 0.5) is 15.8 Å². The molecule has 0 aliphatic rings. The summed E-state index contributed by atoms with van der Waals surface area (Å²) in [7, 11) is 1.62. The van der Waals surface area contributed by atoms with Crippen molar-refractivity contribution in [3.05, 3.63) is 69.5 Å².